The molecule has 0 aromatic heterocycles. The molecule has 1 atom stereocenters. The fraction of sp³-hybridized carbons (Fsp3) is 0.435. The molecule has 1 aliphatic rings. The summed E-state index contributed by atoms with van der Waals surface area (Å²) in [6.45, 7) is 8.88. The molecule has 5 heteroatoms. The Balaban J connectivity index is 1.65. The Kier molecular flexibility index (Phi) is 7.31. The summed E-state index contributed by atoms with van der Waals surface area (Å²) >= 11 is 0. The number of para-hydroxylation sites is 2. The molecule has 0 aliphatic carbocycles. The predicted octanol–water partition coefficient (Wildman–Crippen LogP) is 4.49. The molecule has 28 heavy (non-hydrogen) atoms. The fourth-order valence-electron chi connectivity index (χ4n) is 3.97. The van der Waals surface area contributed by atoms with Crippen molar-refractivity contribution in [1.82, 2.24) is 10.2 Å². The summed E-state index contributed by atoms with van der Waals surface area (Å²) in [5, 5.41) is 6.15. The van der Waals surface area contributed by atoms with Gasteiger partial charge in [0.25, 0.3) is 0 Å². The zero-order chi connectivity index (χ0) is 19.8. The van der Waals surface area contributed by atoms with Gasteiger partial charge in [-0.05, 0) is 43.6 Å². The molecule has 2 amide bonds. The lowest BCUT2D eigenvalue weighted by molar-refractivity contribution is 0.210. The van der Waals surface area contributed by atoms with Crippen LogP contribution in [-0.2, 0) is 0 Å². The number of anilines is 2. The van der Waals surface area contributed by atoms with E-state index in [2.05, 4.69) is 64.6 Å². The monoisotopic (exact) mass is 380 g/mol. The Bertz CT molecular complexity index is 739. The highest BCUT2D eigenvalue weighted by atomic mass is 16.2. The van der Waals surface area contributed by atoms with Crippen LogP contribution in [0, 0.1) is 0 Å². The number of likely N-dealkylation sites (N-methyl/N-ethyl adjacent to an activating group) is 1. The average molecular weight is 381 g/mol. The topological polar surface area (TPSA) is 47.6 Å². The quantitative estimate of drug-likeness (QED) is 0.709. The number of carbonyl (C=O) groups excluding carboxylic acids is 1. The number of hydrogen-bond donors (Lipinski definition) is 2. The normalized spacial score (nSPS) is 14.9. The molecule has 0 spiro atoms. The summed E-state index contributed by atoms with van der Waals surface area (Å²) in [6, 6.07) is 18.5. The summed E-state index contributed by atoms with van der Waals surface area (Å²) in [4.78, 5) is 17.4. The SMILES string of the molecule is CCN(CC)[C@H](CNC(=O)Nc1ccccc1N1CCCC1)c1ccccc1. The van der Waals surface area contributed by atoms with E-state index in [1.54, 1.807) is 0 Å². The fourth-order valence-corrected chi connectivity index (χ4v) is 3.97. The van der Waals surface area contributed by atoms with E-state index in [1.165, 1.54) is 18.4 Å². The molecule has 0 unspecified atom stereocenters. The maximum atomic E-state index is 12.7. The van der Waals surface area contributed by atoms with Gasteiger partial charge in [0.2, 0.25) is 0 Å². The van der Waals surface area contributed by atoms with E-state index in [0.29, 0.717) is 6.54 Å². The Hall–Kier alpha value is -2.53. The van der Waals surface area contributed by atoms with Gasteiger partial charge >= 0.3 is 6.03 Å². The van der Waals surface area contributed by atoms with Crippen LogP contribution in [0.25, 0.3) is 0 Å². The number of carbonyl (C=O) groups is 1. The van der Waals surface area contributed by atoms with Crippen LogP contribution >= 0.6 is 0 Å². The summed E-state index contributed by atoms with van der Waals surface area (Å²) in [6.07, 6.45) is 2.42. The second kappa shape index (κ2) is 10.1. The molecule has 1 saturated heterocycles. The van der Waals surface area contributed by atoms with Crippen molar-refractivity contribution in [2.75, 3.05) is 42.9 Å². The molecule has 2 aromatic carbocycles. The first-order valence-corrected chi connectivity index (χ1v) is 10.4. The van der Waals surface area contributed by atoms with Gasteiger partial charge < -0.3 is 15.5 Å². The van der Waals surface area contributed by atoms with Crippen LogP contribution < -0.4 is 15.5 Å². The molecule has 1 aliphatic heterocycles. The van der Waals surface area contributed by atoms with Gasteiger partial charge in [-0.25, -0.2) is 4.79 Å². The Morgan fingerprint density at radius 1 is 1.00 bits per heavy atom. The molecular weight excluding hydrogens is 348 g/mol. The number of hydrogen-bond acceptors (Lipinski definition) is 3. The first-order valence-electron chi connectivity index (χ1n) is 10.4. The van der Waals surface area contributed by atoms with Crippen LogP contribution in [0.15, 0.2) is 54.6 Å². The first kappa shape index (κ1) is 20.2. The number of rotatable bonds is 8. The van der Waals surface area contributed by atoms with Crippen molar-refractivity contribution in [3.8, 4) is 0 Å². The van der Waals surface area contributed by atoms with Gasteiger partial charge in [0.05, 0.1) is 17.4 Å². The van der Waals surface area contributed by atoms with E-state index in [-0.39, 0.29) is 12.1 Å². The van der Waals surface area contributed by atoms with Gasteiger partial charge in [-0.2, -0.15) is 0 Å². The minimum absolute atomic E-state index is 0.153. The van der Waals surface area contributed by atoms with E-state index < -0.39 is 0 Å². The predicted molar refractivity (Wildman–Crippen MR) is 117 cm³/mol. The lowest BCUT2D eigenvalue weighted by Crippen LogP contribution is -2.39. The van der Waals surface area contributed by atoms with Crippen LogP contribution in [0.3, 0.4) is 0 Å². The van der Waals surface area contributed by atoms with Crippen molar-refractivity contribution in [2.45, 2.75) is 32.7 Å². The zero-order valence-electron chi connectivity index (χ0n) is 17.0. The van der Waals surface area contributed by atoms with Gasteiger partial charge in [-0.15, -0.1) is 0 Å². The molecule has 5 nitrogen and oxygen atoms in total. The molecular formula is C23H32N4O. The van der Waals surface area contributed by atoms with Gasteiger partial charge in [0, 0.05) is 19.6 Å². The highest BCUT2D eigenvalue weighted by Gasteiger charge is 2.20. The molecule has 1 fully saturated rings. The van der Waals surface area contributed by atoms with Gasteiger partial charge in [-0.3, -0.25) is 4.90 Å². The van der Waals surface area contributed by atoms with Crippen LogP contribution in [-0.4, -0.2) is 43.7 Å². The number of amides is 2. The summed E-state index contributed by atoms with van der Waals surface area (Å²) in [7, 11) is 0. The molecule has 0 radical (unpaired) electrons. The summed E-state index contributed by atoms with van der Waals surface area (Å²) in [5.74, 6) is 0. The summed E-state index contributed by atoms with van der Waals surface area (Å²) in [5.41, 5.74) is 3.21. The van der Waals surface area contributed by atoms with Crippen LogP contribution in [0.5, 0.6) is 0 Å². The van der Waals surface area contributed by atoms with Crippen molar-refractivity contribution >= 4 is 17.4 Å². The smallest absolute Gasteiger partial charge is 0.319 e. The third-order valence-corrected chi connectivity index (χ3v) is 5.49. The van der Waals surface area contributed by atoms with Crippen molar-refractivity contribution in [2.24, 2.45) is 0 Å². The molecule has 0 saturated carbocycles. The van der Waals surface area contributed by atoms with E-state index in [0.717, 1.165) is 37.6 Å². The number of urea groups is 1. The number of nitrogens with zero attached hydrogens (tertiary/aromatic N) is 2. The molecule has 1 heterocycles. The minimum Gasteiger partial charge on any atom is -0.370 e. The molecule has 150 valence electrons. The van der Waals surface area contributed by atoms with Gasteiger partial charge in [0.1, 0.15) is 0 Å². The maximum Gasteiger partial charge on any atom is 0.319 e. The molecule has 3 rings (SSSR count). The van der Waals surface area contributed by atoms with Crippen molar-refractivity contribution in [1.29, 1.82) is 0 Å². The van der Waals surface area contributed by atoms with Crippen LogP contribution in [0.4, 0.5) is 16.2 Å². The van der Waals surface area contributed by atoms with Crippen molar-refractivity contribution < 1.29 is 4.79 Å². The second-order valence-electron chi connectivity index (χ2n) is 7.19. The van der Waals surface area contributed by atoms with E-state index in [1.807, 2.05) is 24.3 Å². The molecule has 2 aromatic rings. The van der Waals surface area contributed by atoms with E-state index in [4.69, 9.17) is 0 Å². The third-order valence-electron chi connectivity index (χ3n) is 5.49. The van der Waals surface area contributed by atoms with Gasteiger partial charge in [0.15, 0.2) is 0 Å². The third kappa shape index (κ3) is 5.04. The number of nitrogens with one attached hydrogen (secondary N) is 2. The average Bonchev–Trinajstić information content (AvgIpc) is 3.27. The Morgan fingerprint density at radius 3 is 2.32 bits per heavy atom. The van der Waals surface area contributed by atoms with Crippen LogP contribution in [0.2, 0.25) is 0 Å². The largest absolute Gasteiger partial charge is 0.370 e. The second-order valence-corrected chi connectivity index (χ2v) is 7.19. The lowest BCUT2D eigenvalue weighted by atomic mass is 10.1. The minimum atomic E-state index is -0.153. The summed E-state index contributed by atoms with van der Waals surface area (Å²) < 4.78 is 0. The van der Waals surface area contributed by atoms with Gasteiger partial charge in [-0.1, -0.05) is 56.3 Å². The highest BCUT2D eigenvalue weighted by Crippen LogP contribution is 2.28. The Morgan fingerprint density at radius 2 is 1.64 bits per heavy atom. The van der Waals surface area contributed by atoms with Crippen molar-refractivity contribution in [3.05, 3.63) is 60.2 Å². The molecule has 0 bridgehead atoms. The highest BCUT2D eigenvalue weighted by molar-refractivity contribution is 5.93. The van der Waals surface area contributed by atoms with E-state index >= 15 is 0 Å². The standard InChI is InChI=1S/C23H32N4O/c1-3-26(4-2)22(19-12-6-5-7-13-19)18-24-23(28)25-20-14-8-9-15-21(20)27-16-10-11-17-27/h5-9,12-15,22H,3-4,10-11,16-18H2,1-2H3,(H2,24,25,28)/t22-/m1/s1. The zero-order valence-corrected chi connectivity index (χ0v) is 17.0. The lowest BCUT2D eigenvalue weighted by Gasteiger charge is -2.30. The number of benzene rings is 2. The Labute approximate surface area is 168 Å². The first-order chi connectivity index (χ1) is 13.7. The van der Waals surface area contributed by atoms with Crippen molar-refractivity contribution in [3.63, 3.8) is 0 Å². The maximum absolute atomic E-state index is 12.7. The van der Waals surface area contributed by atoms with E-state index in [9.17, 15) is 4.79 Å². The van der Waals surface area contributed by atoms with Crippen LogP contribution in [0.1, 0.15) is 38.3 Å². The molecule has 2 N–H and O–H groups in total.